The zero-order valence-corrected chi connectivity index (χ0v) is 13.6. The average Bonchev–Trinajstić information content (AvgIpc) is 2.48. The first-order chi connectivity index (χ1) is 10.1. The molecule has 0 aliphatic rings. The van der Waals surface area contributed by atoms with Crippen molar-refractivity contribution in [2.75, 3.05) is 27.2 Å². The van der Waals surface area contributed by atoms with Crippen molar-refractivity contribution >= 4 is 11.6 Å². The normalized spacial score (nSPS) is 12.4. The zero-order chi connectivity index (χ0) is 15.2. The average molecular weight is 304 g/mol. The molecule has 0 spiro atoms. The molecule has 112 valence electrons. The highest BCUT2D eigenvalue weighted by Gasteiger charge is 2.08. The first-order valence-electron chi connectivity index (χ1n) is 7.19. The van der Waals surface area contributed by atoms with Crippen LogP contribution in [0.15, 0.2) is 48.5 Å². The minimum Gasteiger partial charge on any atom is -0.492 e. The standard InChI is InChI=1S/C18H22ClNO/c1-14(15-4-8-17(19)9-5-15)16-6-10-18(11-7-16)21-13-12-20(2)3/h4-11,14H,12-13H2,1-3H3. The van der Waals surface area contributed by atoms with E-state index in [4.69, 9.17) is 16.3 Å². The largest absolute Gasteiger partial charge is 0.492 e. The lowest BCUT2D eigenvalue weighted by molar-refractivity contribution is 0.261. The van der Waals surface area contributed by atoms with Gasteiger partial charge in [-0.3, -0.25) is 0 Å². The van der Waals surface area contributed by atoms with Gasteiger partial charge in [-0.25, -0.2) is 0 Å². The van der Waals surface area contributed by atoms with Gasteiger partial charge in [-0.1, -0.05) is 42.8 Å². The second-order valence-electron chi connectivity index (χ2n) is 5.49. The lowest BCUT2D eigenvalue weighted by Crippen LogP contribution is -2.19. The number of nitrogens with zero attached hydrogens (tertiary/aromatic N) is 1. The van der Waals surface area contributed by atoms with Gasteiger partial charge >= 0.3 is 0 Å². The Balaban J connectivity index is 1.99. The van der Waals surface area contributed by atoms with Crippen molar-refractivity contribution in [3.05, 3.63) is 64.7 Å². The number of hydrogen-bond acceptors (Lipinski definition) is 2. The van der Waals surface area contributed by atoms with E-state index in [-0.39, 0.29) is 0 Å². The molecule has 0 saturated carbocycles. The van der Waals surface area contributed by atoms with Gasteiger partial charge in [-0.15, -0.1) is 0 Å². The van der Waals surface area contributed by atoms with Crippen LogP contribution in [-0.4, -0.2) is 32.1 Å². The van der Waals surface area contributed by atoms with Crippen molar-refractivity contribution in [2.24, 2.45) is 0 Å². The maximum absolute atomic E-state index is 5.93. The van der Waals surface area contributed by atoms with Crippen LogP contribution in [0.1, 0.15) is 24.0 Å². The minimum absolute atomic E-state index is 0.345. The number of hydrogen-bond donors (Lipinski definition) is 0. The monoisotopic (exact) mass is 303 g/mol. The van der Waals surface area contributed by atoms with Crippen LogP contribution in [0.5, 0.6) is 5.75 Å². The molecule has 0 aliphatic carbocycles. The molecule has 2 nitrogen and oxygen atoms in total. The fraction of sp³-hybridized carbons (Fsp3) is 0.333. The van der Waals surface area contributed by atoms with E-state index in [2.05, 4.69) is 36.1 Å². The first kappa shape index (κ1) is 15.9. The highest BCUT2D eigenvalue weighted by atomic mass is 35.5. The second kappa shape index (κ2) is 7.48. The van der Waals surface area contributed by atoms with Crippen LogP contribution in [0.3, 0.4) is 0 Å². The Morgan fingerprint density at radius 2 is 1.48 bits per heavy atom. The Hall–Kier alpha value is -1.51. The van der Waals surface area contributed by atoms with Gasteiger partial charge < -0.3 is 9.64 Å². The van der Waals surface area contributed by atoms with Crippen LogP contribution in [-0.2, 0) is 0 Å². The van der Waals surface area contributed by atoms with Gasteiger partial charge in [0.15, 0.2) is 0 Å². The van der Waals surface area contributed by atoms with Crippen LogP contribution in [0.2, 0.25) is 5.02 Å². The van der Waals surface area contributed by atoms with E-state index in [0.29, 0.717) is 12.5 Å². The highest BCUT2D eigenvalue weighted by Crippen LogP contribution is 2.26. The molecule has 0 radical (unpaired) electrons. The summed E-state index contributed by atoms with van der Waals surface area (Å²) in [5.41, 5.74) is 2.54. The topological polar surface area (TPSA) is 12.5 Å². The van der Waals surface area contributed by atoms with Gasteiger partial charge in [0.05, 0.1) is 0 Å². The van der Waals surface area contributed by atoms with E-state index in [1.165, 1.54) is 11.1 Å². The lowest BCUT2D eigenvalue weighted by Gasteiger charge is -2.14. The molecule has 0 heterocycles. The summed E-state index contributed by atoms with van der Waals surface area (Å²) in [6, 6.07) is 16.4. The predicted octanol–water partition coefficient (Wildman–Crippen LogP) is 4.43. The molecule has 1 atom stereocenters. The molecule has 3 heteroatoms. The van der Waals surface area contributed by atoms with E-state index in [9.17, 15) is 0 Å². The molecular formula is C18H22ClNO. The third-order valence-corrected chi connectivity index (χ3v) is 3.81. The molecule has 0 fully saturated rings. The molecule has 0 amide bonds. The van der Waals surface area contributed by atoms with Crippen molar-refractivity contribution < 1.29 is 4.74 Å². The number of rotatable bonds is 6. The maximum atomic E-state index is 5.93. The Labute approximate surface area is 132 Å². The lowest BCUT2D eigenvalue weighted by atomic mass is 9.93. The molecule has 21 heavy (non-hydrogen) atoms. The molecule has 2 rings (SSSR count). The maximum Gasteiger partial charge on any atom is 0.119 e. The number of ether oxygens (including phenoxy) is 1. The van der Waals surface area contributed by atoms with Crippen molar-refractivity contribution in [3.8, 4) is 5.75 Å². The zero-order valence-electron chi connectivity index (χ0n) is 12.8. The summed E-state index contributed by atoms with van der Waals surface area (Å²) >= 11 is 5.93. The quantitative estimate of drug-likeness (QED) is 0.782. The summed E-state index contributed by atoms with van der Waals surface area (Å²) in [4.78, 5) is 2.11. The molecule has 1 unspecified atom stereocenters. The van der Waals surface area contributed by atoms with Crippen LogP contribution in [0, 0.1) is 0 Å². The number of halogens is 1. The summed E-state index contributed by atoms with van der Waals surface area (Å²) < 4.78 is 5.71. The third kappa shape index (κ3) is 4.76. The van der Waals surface area contributed by atoms with Gasteiger partial charge in [0.25, 0.3) is 0 Å². The Kier molecular flexibility index (Phi) is 5.66. The summed E-state index contributed by atoms with van der Waals surface area (Å²) in [7, 11) is 4.08. The smallest absolute Gasteiger partial charge is 0.119 e. The van der Waals surface area contributed by atoms with E-state index in [1.54, 1.807) is 0 Å². The van der Waals surface area contributed by atoms with Crippen LogP contribution >= 0.6 is 11.6 Å². The van der Waals surface area contributed by atoms with Crippen LogP contribution < -0.4 is 4.74 Å². The second-order valence-corrected chi connectivity index (χ2v) is 5.93. The molecule has 0 saturated heterocycles. The van der Waals surface area contributed by atoms with E-state index >= 15 is 0 Å². The SMILES string of the molecule is CC(c1ccc(Cl)cc1)c1ccc(OCCN(C)C)cc1. The third-order valence-electron chi connectivity index (χ3n) is 3.56. The molecule has 0 bridgehead atoms. The summed E-state index contributed by atoms with van der Waals surface area (Å²) in [5.74, 6) is 1.27. The van der Waals surface area contributed by atoms with Gasteiger partial charge in [0.1, 0.15) is 12.4 Å². The molecule has 2 aromatic rings. The Morgan fingerprint density at radius 1 is 0.952 bits per heavy atom. The fourth-order valence-electron chi connectivity index (χ4n) is 2.14. The summed E-state index contributed by atoms with van der Waals surface area (Å²) in [6.07, 6.45) is 0. The predicted molar refractivity (Wildman–Crippen MR) is 89.5 cm³/mol. The van der Waals surface area contributed by atoms with Gasteiger partial charge in [0, 0.05) is 17.5 Å². The van der Waals surface area contributed by atoms with Crippen LogP contribution in [0.4, 0.5) is 0 Å². The summed E-state index contributed by atoms with van der Waals surface area (Å²) in [6.45, 7) is 3.83. The van der Waals surface area contributed by atoms with Gasteiger partial charge in [0.2, 0.25) is 0 Å². The van der Waals surface area contributed by atoms with E-state index in [1.807, 2.05) is 38.4 Å². The van der Waals surface area contributed by atoms with Crippen LogP contribution in [0.25, 0.3) is 0 Å². The van der Waals surface area contributed by atoms with Crippen molar-refractivity contribution in [1.29, 1.82) is 0 Å². The first-order valence-corrected chi connectivity index (χ1v) is 7.57. The van der Waals surface area contributed by atoms with Gasteiger partial charge in [-0.2, -0.15) is 0 Å². The minimum atomic E-state index is 0.345. The van der Waals surface area contributed by atoms with Crippen molar-refractivity contribution in [2.45, 2.75) is 12.8 Å². The molecule has 0 aromatic heterocycles. The Morgan fingerprint density at radius 3 is 2.00 bits per heavy atom. The highest BCUT2D eigenvalue weighted by molar-refractivity contribution is 6.30. The molecule has 0 N–H and O–H groups in total. The molecule has 0 aliphatic heterocycles. The van der Waals surface area contributed by atoms with Crippen molar-refractivity contribution in [1.82, 2.24) is 4.90 Å². The van der Waals surface area contributed by atoms with Gasteiger partial charge in [-0.05, 0) is 49.5 Å². The molecule has 2 aromatic carbocycles. The fourth-order valence-corrected chi connectivity index (χ4v) is 2.27. The van der Waals surface area contributed by atoms with E-state index in [0.717, 1.165) is 17.3 Å². The number of benzene rings is 2. The summed E-state index contributed by atoms with van der Waals surface area (Å²) in [5, 5.41) is 0.774. The van der Waals surface area contributed by atoms with Crippen molar-refractivity contribution in [3.63, 3.8) is 0 Å². The number of likely N-dealkylation sites (N-methyl/N-ethyl adjacent to an activating group) is 1. The Bertz CT molecular complexity index is 548. The molecular weight excluding hydrogens is 282 g/mol. The van der Waals surface area contributed by atoms with E-state index < -0.39 is 0 Å².